The molecule has 0 amide bonds. The van der Waals surface area contributed by atoms with Crippen LogP contribution in [0.15, 0.2) is 51.3 Å². The summed E-state index contributed by atoms with van der Waals surface area (Å²) in [5, 5.41) is 0. The number of aliphatic imine (C=N–C) groups is 1. The molecule has 0 unspecified atom stereocenters. The molecule has 2 heteroatoms. The fourth-order valence-corrected chi connectivity index (χ4v) is 4.14. The lowest BCUT2D eigenvalue weighted by atomic mass is 9.76. The molecule has 1 N–H and O–H groups in total. The van der Waals surface area contributed by atoms with Gasteiger partial charge in [0.05, 0.1) is 5.70 Å². The molecule has 0 aromatic carbocycles. The minimum Gasteiger partial charge on any atom is -0.361 e. The maximum Gasteiger partial charge on any atom is 0.0694 e. The Hall–Kier alpha value is -2.09. The Kier molecular flexibility index (Phi) is 3.71. The Bertz CT molecular complexity index is 853. The summed E-state index contributed by atoms with van der Waals surface area (Å²) >= 11 is 0. The maximum absolute atomic E-state index is 4.66. The van der Waals surface area contributed by atoms with E-state index in [0.717, 1.165) is 12.3 Å². The van der Waals surface area contributed by atoms with Gasteiger partial charge in [0, 0.05) is 18.1 Å². The number of H-pyrrole nitrogens is 1. The van der Waals surface area contributed by atoms with Gasteiger partial charge in [0.2, 0.25) is 0 Å². The van der Waals surface area contributed by atoms with E-state index in [9.17, 15) is 0 Å². The zero-order valence-corrected chi connectivity index (χ0v) is 15.2. The van der Waals surface area contributed by atoms with Gasteiger partial charge in [-0.3, -0.25) is 4.99 Å². The summed E-state index contributed by atoms with van der Waals surface area (Å²) < 4.78 is 0. The Morgan fingerprint density at radius 3 is 2.50 bits per heavy atom. The van der Waals surface area contributed by atoms with Gasteiger partial charge < -0.3 is 4.98 Å². The van der Waals surface area contributed by atoms with Crippen LogP contribution < -0.4 is 0 Å². The minimum absolute atomic E-state index is 0.727. The second-order valence-electron chi connectivity index (χ2n) is 7.50. The molecular weight excluding hydrogens is 292 g/mol. The molecule has 2 heterocycles. The van der Waals surface area contributed by atoms with Crippen LogP contribution >= 0.6 is 0 Å². The van der Waals surface area contributed by atoms with Crippen LogP contribution in [0.5, 0.6) is 0 Å². The number of hydrogen-bond acceptors (Lipinski definition) is 1. The first-order chi connectivity index (χ1) is 11.5. The zero-order valence-electron chi connectivity index (χ0n) is 15.2. The lowest BCUT2D eigenvalue weighted by molar-refractivity contribution is 0.511. The van der Waals surface area contributed by atoms with Crippen LogP contribution in [0, 0.1) is 19.8 Å². The van der Waals surface area contributed by atoms with Gasteiger partial charge in [0.25, 0.3) is 0 Å². The Morgan fingerprint density at radius 2 is 1.83 bits per heavy atom. The van der Waals surface area contributed by atoms with Crippen LogP contribution in [0.3, 0.4) is 0 Å². The van der Waals surface area contributed by atoms with Crippen molar-refractivity contribution in [1.82, 2.24) is 4.98 Å². The topological polar surface area (TPSA) is 28.1 Å². The van der Waals surface area contributed by atoms with Crippen molar-refractivity contribution in [3.63, 3.8) is 0 Å². The molecule has 2 aliphatic carbocycles. The highest BCUT2D eigenvalue weighted by Crippen LogP contribution is 2.42. The van der Waals surface area contributed by atoms with Crippen LogP contribution in [0.2, 0.25) is 0 Å². The number of fused-ring (bicyclic) bond motifs is 1. The summed E-state index contributed by atoms with van der Waals surface area (Å²) in [5.74, 6) is 0.727. The van der Waals surface area contributed by atoms with E-state index in [2.05, 4.69) is 56.0 Å². The third-order valence-electron chi connectivity index (χ3n) is 6.04. The van der Waals surface area contributed by atoms with Crippen molar-refractivity contribution < 1.29 is 0 Å². The summed E-state index contributed by atoms with van der Waals surface area (Å²) in [4.78, 5) is 8.14. The third-order valence-corrected chi connectivity index (χ3v) is 6.04. The van der Waals surface area contributed by atoms with E-state index in [1.165, 1.54) is 69.6 Å². The Morgan fingerprint density at radius 1 is 1.04 bits per heavy atom. The minimum atomic E-state index is 0.727. The standard InChI is InChI=1S/C22H26N2/c1-13-11-23-21(15(13)3)18-7-5-17-6-8-19(10-20(17)9-18)22-16(4)14(2)12-24-22/h9-12,17,23H,5-8H2,1-4H3/b22-19-/t17-/m0/s1. The highest BCUT2D eigenvalue weighted by Gasteiger charge is 2.26. The molecule has 3 aliphatic rings. The van der Waals surface area contributed by atoms with Crippen LogP contribution in [0.4, 0.5) is 0 Å². The molecule has 1 aromatic rings. The first-order valence-corrected chi connectivity index (χ1v) is 9.06. The number of aryl methyl sites for hydroxylation is 1. The average Bonchev–Trinajstić information content (AvgIpc) is 3.10. The second-order valence-corrected chi connectivity index (χ2v) is 7.50. The third kappa shape index (κ3) is 2.45. The normalized spacial score (nSPS) is 26.6. The monoisotopic (exact) mass is 318 g/mol. The van der Waals surface area contributed by atoms with Crippen LogP contribution in [0.25, 0.3) is 5.57 Å². The van der Waals surface area contributed by atoms with Crippen LogP contribution in [0.1, 0.15) is 56.4 Å². The van der Waals surface area contributed by atoms with Gasteiger partial charge in [-0.25, -0.2) is 0 Å². The van der Waals surface area contributed by atoms with Crippen molar-refractivity contribution in [3.05, 3.63) is 63.2 Å². The SMILES string of the molecule is CC1=C(C)/C(=C2/C=C3C=C(c4[nH]cc(C)c4C)CC[C@H]3CC2)N=C1. The predicted molar refractivity (Wildman–Crippen MR) is 102 cm³/mol. The van der Waals surface area contributed by atoms with Crippen molar-refractivity contribution >= 4 is 11.8 Å². The highest BCUT2D eigenvalue weighted by atomic mass is 14.8. The molecular formula is C22H26N2. The molecule has 0 saturated heterocycles. The summed E-state index contributed by atoms with van der Waals surface area (Å²) in [5.41, 5.74) is 12.3. The van der Waals surface area contributed by atoms with Gasteiger partial charge >= 0.3 is 0 Å². The number of rotatable bonds is 1. The maximum atomic E-state index is 4.66. The fraction of sp³-hybridized carbons (Fsp3) is 0.409. The van der Waals surface area contributed by atoms with Crippen molar-refractivity contribution in [3.8, 4) is 0 Å². The molecule has 1 aromatic heterocycles. The lowest BCUT2D eigenvalue weighted by Gasteiger charge is -2.29. The lowest BCUT2D eigenvalue weighted by Crippen LogP contribution is -2.14. The van der Waals surface area contributed by atoms with Crippen molar-refractivity contribution in [2.24, 2.45) is 10.9 Å². The first-order valence-electron chi connectivity index (χ1n) is 9.06. The number of hydrogen-bond donors (Lipinski definition) is 1. The van der Waals surface area contributed by atoms with Gasteiger partial charge in [-0.1, -0.05) is 12.2 Å². The van der Waals surface area contributed by atoms with E-state index in [4.69, 9.17) is 0 Å². The Labute approximate surface area is 144 Å². The summed E-state index contributed by atoms with van der Waals surface area (Å²) in [6.45, 7) is 8.75. The number of aromatic amines is 1. The smallest absolute Gasteiger partial charge is 0.0694 e. The van der Waals surface area contributed by atoms with Gasteiger partial charge in [-0.15, -0.1) is 0 Å². The second kappa shape index (κ2) is 5.77. The zero-order chi connectivity index (χ0) is 16.8. The van der Waals surface area contributed by atoms with Crippen LogP contribution in [-0.2, 0) is 0 Å². The summed E-state index contributed by atoms with van der Waals surface area (Å²) in [7, 11) is 0. The van der Waals surface area contributed by atoms with Crippen molar-refractivity contribution in [2.45, 2.75) is 53.4 Å². The molecule has 0 saturated carbocycles. The van der Waals surface area contributed by atoms with Gasteiger partial charge in [0.1, 0.15) is 0 Å². The van der Waals surface area contributed by atoms with Gasteiger partial charge in [0.15, 0.2) is 0 Å². The molecule has 4 rings (SSSR count). The summed E-state index contributed by atoms with van der Waals surface area (Å²) in [6, 6.07) is 0. The van der Waals surface area contributed by atoms with E-state index in [0.29, 0.717) is 0 Å². The molecule has 0 spiro atoms. The molecule has 0 fully saturated rings. The van der Waals surface area contributed by atoms with E-state index in [1.54, 1.807) is 0 Å². The quantitative estimate of drug-likeness (QED) is 0.676. The molecule has 1 atom stereocenters. The average molecular weight is 318 g/mol. The summed E-state index contributed by atoms with van der Waals surface area (Å²) in [6.07, 6.45) is 13.9. The van der Waals surface area contributed by atoms with Crippen molar-refractivity contribution in [1.29, 1.82) is 0 Å². The molecule has 24 heavy (non-hydrogen) atoms. The van der Waals surface area contributed by atoms with E-state index in [1.807, 2.05) is 6.21 Å². The van der Waals surface area contributed by atoms with Gasteiger partial charge in [-0.05, 0) is 98.3 Å². The number of allylic oxidation sites excluding steroid dienone is 7. The van der Waals surface area contributed by atoms with Crippen LogP contribution in [-0.4, -0.2) is 11.2 Å². The predicted octanol–water partition coefficient (Wildman–Crippen LogP) is 5.82. The first kappa shape index (κ1) is 15.4. The van der Waals surface area contributed by atoms with E-state index < -0.39 is 0 Å². The molecule has 0 bridgehead atoms. The Balaban J connectivity index is 1.75. The van der Waals surface area contributed by atoms with Crippen molar-refractivity contribution in [2.75, 3.05) is 0 Å². The largest absolute Gasteiger partial charge is 0.361 e. The number of nitrogens with one attached hydrogen (secondary N) is 1. The van der Waals surface area contributed by atoms with E-state index in [-0.39, 0.29) is 0 Å². The number of nitrogens with zero attached hydrogens (tertiary/aromatic N) is 1. The number of aromatic nitrogens is 1. The molecule has 0 radical (unpaired) electrons. The van der Waals surface area contributed by atoms with E-state index >= 15 is 0 Å². The molecule has 1 aliphatic heterocycles. The highest BCUT2D eigenvalue weighted by molar-refractivity contribution is 5.85. The molecule has 124 valence electrons. The van der Waals surface area contributed by atoms with Gasteiger partial charge in [-0.2, -0.15) is 0 Å². The molecule has 2 nitrogen and oxygen atoms in total. The fourth-order valence-electron chi connectivity index (χ4n) is 4.14.